The van der Waals surface area contributed by atoms with Gasteiger partial charge in [0, 0.05) is 6.54 Å². The Morgan fingerprint density at radius 3 is 1.82 bits per heavy atom. The van der Waals surface area contributed by atoms with Gasteiger partial charge in [-0.15, -0.1) is 0 Å². The summed E-state index contributed by atoms with van der Waals surface area (Å²) in [6, 6.07) is 6.90. The lowest BCUT2D eigenvalue weighted by Gasteiger charge is -2.37. The molecule has 0 spiro atoms. The molecule has 0 unspecified atom stereocenters. The molecule has 0 heterocycles. The summed E-state index contributed by atoms with van der Waals surface area (Å²) >= 11 is 0. The number of nitrogens with zero attached hydrogens (tertiary/aromatic N) is 1. The second-order valence-electron chi connectivity index (χ2n) is 14.6. The van der Waals surface area contributed by atoms with Crippen LogP contribution in [-0.4, -0.2) is 86.5 Å². The highest BCUT2D eigenvalue weighted by molar-refractivity contribution is 5.86. The van der Waals surface area contributed by atoms with Crippen molar-refractivity contribution >= 4 is 30.0 Å². The maximum absolute atomic E-state index is 13.8. The standard InChI is InChI=1S/C36H59N5O8/c1-23(2)29(38-34(45)47-8)31(42)37-27(20-25-16-12-10-13-17-25)28(49-33(44)36(5,6)7)22-41(21-26-18-14-11-15-19-26)40-32(43)30(24(3)4)39-35(46)48-9/h10,12-13,16-17,23-24,26-30H,11,14-15,18-22H2,1-9H3,(H,37,42)(H,38,45)(H,39,46)(H,40,43)/t27-,28-,29-,30-/m0/s1. The van der Waals surface area contributed by atoms with Gasteiger partial charge in [0.05, 0.1) is 32.2 Å². The molecule has 2 rings (SSSR count). The molecule has 4 atom stereocenters. The number of alkyl carbamates (subject to hydrolysis) is 2. The van der Waals surface area contributed by atoms with E-state index in [0.29, 0.717) is 13.0 Å². The highest BCUT2D eigenvalue weighted by Crippen LogP contribution is 2.25. The SMILES string of the molecule is COC(=O)N[C@H](C(=O)N[C@@H](Cc1ccccc1)[C@H](CN(CC1CCCCC1)NC(=O)[C@@H](NC(=O)OC)C(C)C)OC(=O)C(C)(C)C)C(C)C. The molecular formula is C36H59N5O8. The van der Waals surface area contributed by atoms with E-state index in [2.05, 4.69) is 21.4 Å². The lowest BCUT2D eigenvalue weighted by molar-refractivity contribution is -0.163. The van der Waals surface area contributed by atoms with Crippen LogP contribution in [0.1, 0.15) is 86.1 Å². The van der Waals surface area contributed by atoms with Crippen molar-refractivity contribution in [3.05, 3.63) is 35.9 Å². The minimum atomic E-state index is -0.934. The van der Waals surface area contributed by atoms with Crippen LogP contribution < -0.4 is 21.4 Å². The average molecular weight is 690 g/mol. The predicted molar refractivity (Wildman–Crippen MR) is 186 cm³/mol. The van der Waals surface area contributed by atoms with Crippen molar-refractivity contribution in [3.63, 3.8) is 0 Å². The molecule has 0 radical (unpaired) electrons. The van der Waals surface area contributed by atoms with Crippen LogP contribution >= 0.6 is 0 Å². The highest BCUT2D eigenvalue weighted by atomic mass is 16.6. The Hall–Kier alpha value is -3.87. The zero-order chi connectivity index (χ0) is 36.7. The number of hydrogen-bond donors (Lipinski definition) is 4. The molecule has 1 aromatic rings. The van der Waals surface area contributed by atoms with Crippen LogP contribution in [-0.2, 0) is 35.0 Å². The number of carbonyl (C=O) groups is 5. The van der Waals surface area contributed by atoms with Gasteiger partial charge in [-0.25, -0.2) is 14.6 Å². The van der Waals surface area contributed by atoms with E-state index in [1.165, 1.54) is 14.2 Å². The van der Waals surface area contributed by atoms with Gasteiger partial charge in [-0.3, -0.25) is 19.8 Å². The Kier molecular flexibility index (Phi) is 16.8. The number of ether oxygens (including phenoxy) is 3. The summed E-state index contributed by atoms with van der Waals surface area (Å²) in [6.07, 6.45) is 3.14. The first-order valence-electron chi connectivity index (χ1n) is 17.3. The molecule has 276 valence electrons. The zero-order valence-electron chi connectivity index (χ0n) is 30.8. The molecule has 1 aliphatic rings. The number of hydrazine groups is 1. The van der Waals surface area contributed by atoms with Crippen molar-refractivity contribution in [3.8, 4) is 0 Å². The molecule has 1 fully saturated rings. The van der Waals surface area contributed by atoms with Crippen LogP contribution in [0, 0.1) is 23.2 Å². The summed E-state index contributed by atoms with van der Waals surface area (Å²) in [5, 5.41) is 10.1. The second kappa shape index (κ2) is 20.0. The Labute approximate surface area is 291 Å². The molecule has 13 heteroatoms. The third-order valence-electron chi connectivity index (χ3n) is 8.63. The van der Waals surface area contributed by atoms with Gasteiger partial charge >= 0.3 is 18.2 Å². The molecule has 0 saturated heterocycles. The van der Waals surface area contributed by atoms with Crippen molar-refractivity contribution in [1.29, 1.82) is 0 Å². The van der Waals surface area contributed by atoms with E-state index < -0.39 is 59.6 Å². The number of nitrogens with one attached hydrogen (secondary N) is 4. The van der Waals surface area contributed by atoms with E-state index in [1.54, 1.807) is 39.6 Å². The summed E-state index contributed by atoms with van der Waals surface area (Å²) in [5.74, 6) is -1.66. The number of carbonyl (C=O) groups excluding carboxylic acids is 5. The molecule has 49 heavy (non-hydrogen) atoms. The topological polar surface area (TPSA) is 164 Å². The minimum Gasteiger partial charge on any atom is -0.458 e. The monoisotopic (exact) mass is 689 g/mol. The second-order valence-corrected chi connectivity index (χ2v) is 14.6. The van der Waals surface area contributed by atoms with Crippen molar-refractivity contribution in [1.82, 2.24) is 26.4 Å². The summed E-state index contributed by atoms with van der Waals surface area (Å²) < 4.78 is 15.8. The molecule has 0 aliphatic heterocycles. The fourth-order valence-corrected chi connectivity index (χ4v) is 5.71. The summed E-state index contributed by atoms with van der Waals surface area (Å²) in [5.41, 5.74) is 3.03. The largest absolute Gasteiger partial charge is 0.458 e. The average Bonchev–Trinajstić information content (AvgIpc) is 3.05. The maximum atomic E-state index is 13.8. The van der Waals surface area contributed by atoms with Gasteiger partial charge in [0.15, 0.2) is 0 Å². The Balaban J connectivity index is 2.57. The third kappa shape index (κ3) is 14.3. The van der Waals surface area contributed by atoms with Crippen LogP contribution in [0.25, 0.3) is 0 Å². The quantitative estimate of drug-likeness (QED) is 0.112. The molecule has 0 bridgehead atoms. The first-order chi connectivity index (χ1) is 23.0. The fraction of sp³-hybridized carbons (Fsp3) is 0.694. The van der Waals surface area contributed by atoms with Crippen LogP contribution in [0.5, 0.6) is 0 Å². The van der Waals surface area contributed by atoms with Crippen molar-refractivity contribution in [2.45, 2.75) is 111 Å². The number of benzene rings is 1. The van der Waals surface area contributed by atoms with E-state index >= 15 is 0 Å². The Morgan fingerprint density at radius 2 is 1.33 bits per heavy atom. The molecule has 1 saturated carbocycles. The number of amides is 4. The van der Waals surface area contributed by atoms with Gasteiger partial charge in [0.1, 0.15) is 18.2 Å². The van der Waals surface area contributed by atoms with Crippen LogP contribution in [0.4, 0.5) is 9.59 Å². The van der Waals surface area contributed by atoms with Crippen molar-refractivity contribution in [2.24, 2.45) is 23.2 Å². The number of hydrogen-bond acceptors (Lipinski definition) is 9. The molecule has 4 amide bonds. The Morgan fingerprint density at radius 1 is 0.796 bits per heavy atom. The van der Waals surface area contributed by atoms with Crippen molar-refractivity contribution in [2.75, 3.05) is 27.3 Å². The predicted octanol–water partition coefficient (Wildman–Crippen LogP) is 4.35. The molecule has 0 aromatic heterocycles. The van der Waals surface area contributed by atoms with E-state index in [0.717, 1.165) is 37.7 Å². The lowest BCUT2D eigenvalue weighted by Crippen LogP contribution is -2.60. The zero-order valence-corrected chi connectivity index (χ0v) is 30.8. The van der Waals surface area contributed by atoms with Gasteiger partial charge in [-0.1, -0.05) is 77.3 Å². The first kappa shape index (κ1) is 41.3. The van der Waals surface area contributed by atoms with Crippen molar-refractivity contribution < 1.29 is 38.2 Å². The van der Waals surface area contributed by atoms with E-state index in [1.807, 2.05) is 44.2 Å². The molecule has 4 N–H and O–H groups in total. The smallest absolute Gasteiger partial charge is 0.407 e. The number of rotatable bonds is 16. The Bertz CT molecular complexity index is 1210. The van der Waals surface area contributed by atoms with Crippen LogP contribution in [0.3, 0.4) is 0 Å². The van der Waals surface area contributed by atoms with Crippen LogP contribution in [0.15, 0.2) is 30.3 Å². The maximum Gasteiger partial charge on any atom is 0.407 e. The molecule has 13 nitrogen and oxygen atoms in total. The first-order valence-corrected chi connectivity index (χ1v) is 17.3. The molecular weight excluding hydrogens is 630 g/mol. The summed E-state index contributed by atoms with van der Waals surface area (Å²) in [6.45, 7) is 13.0. The molecule has 1 aliphatic carbocycles. The van der Waals surface area contributed by atoms with E-state index in [-0.39, 0.29) is 24.3 Å². The van der Waals surface area contributed by atoms with Gasteiger partial charge in [-0.2, -0.15) is 0 Å². The summed E-state index contributed by atoms with van der Waals surface area (Å²) in [4.78, 5) is 65.4. The number of esters is 1. The third-order valence-corrected chi connectivity index (χ3v) is 8.63. The van der Waals surface area contributed by atoms with Gasteiger partial charge in [-0.05, 0) is 63.4 Å². The summed E-state index contributed by atoms with van der Waals surface area (Å²) in [7, 11) is 2.46. The highest BCUT2D eigenvalue weighted by Gasteiger charge is 2.37. The lowest BCUT2D eigenvalue weighted by atomic mass is 9.89. The van der Waals surface area contributed by atoms with Gasteiger partial charge < -0.3 is 30.2 Å². The van der Waals surface area contributed by atoms with Crippen LogP contribution in [0.2, 0.25) is 0 Å². The van der Waals surface area contributed by atoms with Gasteiger partial charge in [0.25, 0.3) is 5.91 Å². The fourth-order valence-electron chi connectivity index (χ4n) is 5.71. The van der Waals surface area contributed by atoms with Gasteiger partial charge in [0.2, 0.25) is 5.91 Å². The van der Waals surface area contributed by atoms with E-state index in [4.69, 9.17) is 14.2 Å². The molecule has 1 aromatic carbocycles. The normalized spacial score (nSPS) is 16.2. The number of methoxy groups -OCH3 is 2. The minimum absolute atomic E-state index is 0.0433. The van der Waals surface area contributed by atoms with E-state index in [9.17, 15) is 24.0 Å².